The van der Waals surface area contributed by atoms with E-state index >= 15 is 0 Å². The van der Waals surface area contributed by atoms with Crippen molar-refractivity contribution in [3.63, 3.8) is 0 Å². The van der Waals surface area contributed by atoms with Gasteiger partial charge in [0, 0.05) is 39.3 Å². The molecule has 0 radical (unpaired) electrons. The molecule has 3 heterocycles. The molecule has 1 fully saturated rings. The third kappa shape index (κ3) is 4.28. The summed E-state index contributed by atoms with van der Waals surface area (Å²) in [6.45, 7) is 3.84. The third-order valence-corrected chi connectivity index (χ3v) is 9.13. The van der Waals surface area contributed by atoms with Crippen LogP contribution in [0.4, 0.5) is 0 Å². The highest BCUT2D eigenvalue weighted by molar-refractivity contribution is 8.00. The lowest BCUT2D eigenvalue weighted by atomic mass is 10.1. The lowest BCUT2D eigenvalue weighted by molar-refractivity contribution is 0.102. The predicted octanol–water partition coefficient (Wildman–Crippen LogP) is 5.05. The van der Waals surface area contributed by atoms with Gasteiger partial charge >= 0.3 is 0 Å². The summed E-state index contributed by atoms with van der Waals surface area (Å²) in [5, 5.41) is 11.6. The maximum atomic E-state index is 13.2. The highest BCUT2D eigenvalue weighted by Gasteiger charge is 2.31. The van der Waals surface area contributed by atoms with E-state index in [-0.39, 0.29) is 29.1 Å². The van der Waals surface area contributed by atoms with Crippen LogP contribution < -0.4 is 0 Å². The summed E-state index contributed by atoms with van der Waals surface area (Å²) in [6, 6.07) is 19.7. The fourth-order valence-electron chi connectivity index (χ4n) is 4.81. The molecule has 0 bridgehead atoms. The van der Waals surface area contributed by atoms with E-state index in [9.17, 15) is 13.2 Å². The number of aromatic nitrogens is 3. The first kappa shape index (κ1) is 22.8. The zero-order valence-corrected chi connectivity index (χ0v) is 20.7. The highest BCUT2D eigenvalue weighted by Crippen LogP contribution is 2.33. The summed E-state index contributed by atoms with van der Waals surface area (Å²) in [5.74, 6) is 0.583. The van der Waals surface area contributed by atoms with Gasteiger partial charge in [0.2, 0.25) is 0 Å². The number of ketones is 1. The van der Waals surface area contributed by atoms with E-state index in [0.29, 0.717) is 12.0 Å². The molecule has 5 rings (SSSR count). The zero-order valence-electron chi connectivity index (χ0n) is 19.1. The number of carbonyl (C=O) groups excluding carboxylic acids is 1. The molecule has 1 atom stereocenters. The number of thioether (sulfide) groups is 1. The number of rotatable bonds is 6. The molecule has 0 spiro atoms. The van der Waals surface area contributed by atoms with Gasteiger partial charge in [0.25, 0.3) is 0 Å². The first-order valence-corrected chi connectivity index (χ1v) is 14.0. The lowest BCUT2D eigenvalue weighted by Gasteiger charge is -2.16. The molecule has 4 aromatic rings. The minimum Gasteiger partial charge on any atom is -0.344 e. The van der Waals surface area contributed by atoms with Crippen LogP contribution in [0, 0.1) is 13.8 Å². The van der Waals surface area contributed by atoms with Gasteiger partial charge in [0.05, 0.1) is 17.3 Å². The molecular weight excluding hydrogens is 466 g/mol. The molecule has 174 valence electrons. The second-order valence-electron chi connectivity index (χ2n) is 8.69. The summed E-state index contributed by atoms with van der Waals surface area (Å²) in [6.07, 6.45) is 0.594. The van der Waals surface area contributed by atoms with Crippen LogP contribution in [0.1, 0.15) is 34.2 Å². The molecule has 8 heteroatoms. The number of fused-ring (bicyclic) bond motifs is 1. The molecule has 6 nitrogen and oxygen atoms in total. The molecule has 0 N–H and O–H groups in total. The molecule has 0 saturated carbocycles. The van der Waals surface area contributed by atoms with Crippen molar-refractivity contribution in [1.82, 2.24) is 14.8 Å². The normalized spacial score (nSPS) is 17.3. The Hall–Kier alpha value is -2.97. The van der Waals surface area contributed by atoms with Gasteiger partial charge in [-0.1, -0.05) is 66.4 Å². The van der Waals surface area contributed by atoms with E-state index in [1.807, 2.05) is 79.1 Å². The summed E-state index contributed by atoms with van der Waals surface area (Å²) in [7, 11) is -3.00. The second-order valence-corrected chi connectivity index (χ2v) is 11.9. The Morgan fingerprint density at radius 1 is 1.03 bits per heavy atom. The van der Waals surface area contributed by atoms with Gasteiger partial charge in [0.1, 0.15) is 10.7 Å². The number of benzene rings is 2. The highest BCUT2D eigenvalue weighted by atomic mass is 32.2. The average molecular weight is 492 g/mol. The Bertz CT molecular complexity index is 1490. The van der Waals surface area contributed by atoms with Crippen molar-refractivity contribution in [3.8, 4) is 11.3 Å². The standard InChI is InChI=1S/C26H25N3O3S2/c1-17-14-23(18(2)29(17)20-12-13-34(31,32)16-20)24(30)15-33-26-22-11-7-6-10-21(22)25(27-28-26)19-8-4-3-5-9-19/h3-11,14,20H,12-13,15-16H2,1-2H3/t20-/m0/s1. The van der Waals surface area contributed by atoms with Gasteiger partial charge in [0.15, 0.2) is 15.6 Å². The van der Waals surface area contributed by atoms with Gasteiger partial charge < -0.3 is 4.57 Å². The van der Waals surface area contributed by atoms with Gasteiger partial charge in [-0.2, -0.15) is 0 Å². The molecular formula is C26H25N3O3S2. The summed E-state index contributed by atoms with van der Waals surface area (Å²) >= 11 is 1.38. The van der Waals surface area contributed by atoms with Crippen LogP contribution in [0.15, 0.2) is 65.7 Å². The lowest BCUT2D eigenvalue weighted by Crippen LogP contribution is -2.14. The molecule has 34 heavy (non-hydrogen) atoms. The summed E-state index contributed by atoms with van der Waals surface area (Å²) in [4.78, 5) is 13.2. The fourth-order valence-corrected chi connectivity index (χ4v) is 7.36. The van der Waals surface area contributed by atoms with Crippen molar-refractivity contribution in [1.29, 1.82) is 0 Å². The molecule has 1 saturated heterocycles. The summed E-state index contributed by atoms with van der Waals surface area (Å²) < 4.78 is 25.9. The predicted molar refractivity (Wildman–Crippen MR) is 136 cm³/mol. The maximum Gasteiger partial charge on any atom is 0.174 e. The van der Waals surface area contributed by atoms with Crippen LogP contribution in [-0.2, 0) is 9.84 Å². The van der Waals surface area contributed by atoms with Crippen molar-refractivity contribution in [2.75, 3.05) is 17.3 Å². The van der Waals surface area contributed by atoms with Crippen LogP contribution in [-0.4, -0.2) is 46.2 Å². The van der Waals surface area contributed by atoms with E-state index in [0.717, 1.165) is 38.4 Å². The van der Waals surface area contributed by atoms with Gasteiger partial charge in [-0.15, -0.1) is 10.2 Å². The number of aryl methyl sites for hydroxylation is 1. The Labute approximate surface area is 203 Å². The third-order valence-electron chi connectivity index (χ3n) is 6.40. The average Bonchev–Trinajstić information content (AvgIpc) is 3.34. The second kappa shape index (κ2) is 9.00. The molecule has 1 aliphatic heterocycles. The first-order valence-electron chi connectivity index (χ1n) is 11.2. The SMILES string of the molecule is Cc1cc(C(=O)CSc2nnc(-c3ccccc3)c3ccccc23)c(C)n1[C@H]1CCS(=O)(=O)C1. The zero-order chi connectivity index (χ0) is 23.9. The van der Waals surface area contributed by atoms with Gasteiger partial charge in [-0.3, -0.25) is 4.79 Å². The quantitative estimate of drug-likeness (QED) is 0.277. The Morgan fingerprint density at radius 3 is 2.44 bits per heavy atom. The number of carbonyl (C=O) groups is 1. The van der Waals surface area contributed by atoms with Crippen LogP contribution >= 0.6 is 11.8 Å². The smallest absolute Gasteiger partial charge is 0.174 e. The molecule has 1 aliphatic rings. The Morgan fingerprint density at radius 2 is 1.74 bits per heavy atom. The van der Waals surface area contributed by atoms with Crippen molar-refractivity contribution < 1.29 is 13.2 Å². The largest absolute Gasteiger partial charge is 0.344 e. The number of sulfone groups is 1. The Kier molecular flexibility index (Phi) is 6.04. The summed E-state index contributed by atoms with van der Waals surface area (Å²) in [5.41, 5.74) is 4.22. The van der Waals surface area contributed by atoms with Crippen molar-refractivity contribution in [2.45, 2.75) is 31.3 Å². The molecule has 2 aromatic heterocycles. The van der Waals surface area contributed by atoms with Crippen LogP contribution in [0.2, 0.25) is 0 Å². The maximum absolute atomic E-state index is 13.2. The van der Waals surface area contributed by atoms with Gasteiger partial charge in [-0.05, 0) is 26.3 Å². The monoisotopic (exact) mass is 491 g/mol. The molecule has 0 unspecified atom stereocenters. The molecule has 0 aliphatic carbocycles. The number of nitrogens with zero attached hydrogens (tertiary/aromatic N) is 3. The van der Waals surface area contributed by atoms with Gasteiger partial charge in [-0.25, -0.2) is 8.42 Å². The van der Waals surface area contributed by atoms with Crippen LogP contribution in [0.25, 0.3) is 22.0 Å². The van der Waals surface area contributed by atoms with E-state index < -0.39 is 9.84 Å². The number of hydrogen-bond acceptors (Lipinski definition) is 6. The first-order chi connectivity index (χ1) is 16.3. The van der Waals surface area contributed by atoms with E-state index in [2.05, 4.69) is 10.2 Å². The van der Waals surface area contributed by atoms with E-state index in [1.165, 1.54) is 11.8 Å². The topological polar surface area (TPSA) is 81.9 Å². The van der Waals surface area contributed by atoms with Crippen molar-refractivity contribution in [2.24, 2.45) is 0 Å². The minimum absolute atomic E-state index is 0.00298. The number of hydrogen-bond donors (Lipinski definition) is 0. The molecule has 0 amide bonds. The fraction of sp³-hybridized carbons (Fsp3) is 0.269. The van der Waals surface area contributed by atoms with E-state index in [4.69, 9.17) is 0 Å². The van der Waals surface area contributed by atoms with Crippen LogP contribution in [0.3, 0.4) is 0 Å². The number of Topliss-reactive ketones (excluding diaryl/α,β-unsaturated/α-hetero) is 1. The van der Waals surface area contributed by atoms with Crippen molar-refractivity contribution in [3.05, 3.63) is 77.6 Å². The molecule has 2 aromatic carbocycles. The van der Waals surface area contributed by atoms with Crippen molar-refractivity contribution >= 4 is 38.2 Å². The Balaban J connectivity index is 1.40. The van der Waals surface area contributed by atoms with E-state index in [1.54, 1.807) is 0 Å². The minimum atomic E-state index is -3.00. The van der Waals surface area contributed by atoms with Crippen LogP contribution in [0.5, 0.6) is 0 Å².